The number of carbonyl (C=O) groups excluding carboxylic acids is 1. The number of hydrogen-bond donors (Lipinski definition) is 0. The number of ether oxygens (including phenoxy) is 2. The number of amides is 1. The van der Waals surface area contributed by atoms with Crippen molar-refractivity contribution in [3.63, 3.8) is 0 Å². The Morgan fingerprint density at radius 2 is 1.93 bits per heavy atom. The molecule has 0 N–H and O–H groups in total. The topological polar surface area (TPSA) is 54.9 Å². The molecular weight excluding hydrogens is 354 g/mol. The molecule has 2 saturated heterocycles. The Labute approximate surface area is 166 Å². The molecule has 4 rings (SSSR count). The predicted octanol–water partition coefficient (Wildman–Crippen LogP) is 3.40. The second-order valence-corrected chi connectivity index (χ2v) is 7.38. The Morgan fingerprint density at radius 3 is 2.61 bits per heavy atom. The molecule has 0 atom stereocenters. The van der Waals surface area contributed by atoms with Crippen LogP contribution in [0.5, 0.6) is 0 Å². The number of rotatable bonds is 4. The fraction of sp³-hybridized carbons (Fsp3) is 0.455. The van der Waals surface area contributed by atoms with E-state index in [1.54, 1.807) is 11.1 Å². The van der Waals surface area contributed by atoms with Crippen molar-refractivity contribution < 1.29 is 14.3 Å². The van der Waals surface area contributed by atoms with Gasteiger partial charge in [0.05, 0.1) is 13.2 Å². The Balaban J connectivity index is 1.51. The summed E-state index contributed by atoms with van der Waals surface area (Å²) in [5, 5.41) is 0. The first-order valence-corrected chi connectivity index (χ1v) is 9.98. The van der Waals surface area contributed by atoms with Crippen LogP contribution in [0.3, 0.4) is 0 Å². The third-order valence-corrected chi connectivity index (χ3v) is 5.54. The van der Waals surface area contributed by atoms with Crippen LogP contribution in [-0.2, 0) is 9.47 Å². The number of pyridine rings is 1. The third kappa shape index (κ3) is 3.75. The predicted molar refractivity (Wildman–Crippen MR) is 109 cm³/mol. The second kappa shape index (κ2) is 7.89. The highest BCUT2D eigenvalue weighted by Gasteiger charge is 2.39. The summed E-state index contributed by atoms with van der Waals surface area (Å²) in [4.78, 5) is 21.5. The molecular formula is C22H27N3O3. The molecule has 1 aromatic heterocycles. The van der Waals surface area contributed by atoms with Gasteiger partial charge in [0.2, 0.25) is 0 Å². The molecule has 1 spiro atoms. The summed E-state index contributed by atoms with van der Waals surface area (Å²) in [6.07, 6.45) is 3.39. The van der Waals surface area contributed by atoms with Crippen molar-refractivity contribution in [3.8, 4) is 0 Å². The standard InChI is InChI=1S/C22H27N3O3/c1-3-25(19-6-4-5-17(2)15-19)21(26)20-16-18(7-10-23-20)24-11-8-22(9-12-24)27-13-14-28-22/h4-7,10,15-16H,3,8-9,11-14H2,1-2H3. The Morgan fingerprint density at radius 1 is 1.18 bits per heavy atom. The molecule has 2 fully saturated rings. The molecule has 0 aliphatic carbocycles. The molecule has 6 heteroatoms. The Kier molecular flexibility index (Phi) is 5.33. The summed E-state index contributed by atoms with van der Waals surface area (Å²) in [5.41, 5.74) is 3.51. The first-order valence-electron chi connectivity index (χ1n) is 9.98. The van der Waals surface area contributed by atoms with Gasteiger partial charge in [-0.15, -0.1) is 0 Å². The van der Waals surface area contributed by atoms with Gasteiger partial charge in [0.25, 0.3) is 5.91 Å². The summed E-state index contributed by atoms with van der Waals surface area (Å²) in [7, 11) is 0. The number of piperidine rings is 1. The van der Waals surface area contributed by atoms with E-state index in [2.05, 4.69) is 9.88 Å². The zero-order valence-electron chi connectivity index (χ0n) is 16.6. The maximum Gasteiger partial charge on any atom is 0.276 e. The van der Waals surface area contributed by atoms with Gasteiger partial charge < -0.3 is 19.3 Å². The van der Waals surface area contributed by atoms with Crippen molar-refractivity contribution in [1.29, 1.82) is 0 Å². The number of carbonyl (C=O) groups is 1. The molecule has 2 aliphatic rings. The highest BCUT2D eigenvalue weighted by atomic mass is 16.7. The minimum absolute atomic E-state index is 0.0779. The molecule has 0 bridgehead atoms. The number of benzene rings is 1. The molecule has 0 radical (unpaired) electrons. The van der Waals surface area contributed by atoms with Crippen molar-refractivity contribution in [2.45, 2.75) is 32.5 Å². The lowest BCUT2D eigenvalue weighted by atomic mass is 10.0. The van der Waals surface area contributed by atoms with Crippen molar-refractivity contribution in [2.24, 2.45) is 0 Å². The van der Waals surface area contributed by atoms with Crippen LogP contribution >= 0.6 is 0 Å². The van der Waals surface area contributed by atoms with Gasteiger partial charge in [-0.05, 0) is 43.7 Å². The van der Waals surface area contributed by atoms with Crippen LogP contribution in [0.25, 0.3) is 0 Å². The van der Waals surface area contributed by atoms with E-state index in [-0.39, 0.29) is 5.91 Å². The Hall–Kier alpha value is -2.44. The highest BCUT2D eigenvalue weighted by Crippen LogP contribution is 2.33. The number of aromatic nitrogens is 1. The number of anilines is 2. The Bertz CT molecular complexity index is 838. The number of nitrogens with zero attached hydrogens (tertiary/aromatic N) is 3. The molecule has 28 heavy (non-hydrogen) atoms. The van der Waals surface area contributed by atoms with Crippen molar-refractivity contribution in [2.75, 3.05) is 42.6 Å². The highest BCUT2D eigenvalue weighted by molar-refractivity contribution is 6.05. The minimum atomic E-state index is -0.396. The normalized spacial score (nSPS) is 18.4. The largest absolute Gasteiger partial charge is 0.371 e. The molecule has 2 aromatic rings. The summed E-state index contributed by atoms with van der Waals surface area (Å²) >= 11 is 0. The summed E-state index contributed by atoms with van der Waals surface area (Å²) in [5.74, 6) is -0.474. The third-order valence-electron chi connectivity index (χ3n) is 5.54. The van der Waals surface area contributed by atoms with Crippen LogP contribution in [0.4, 0.5) is 11.4 Å². The SMILES string of the molecule is CCN(C(=O)c1cc(N2CCC3(CC2)OCCO3)ccn1)c1cccc(C)c1. The first kappa shape index (κ1) is 18.9. The van der Waals surface area contributed by atoms with Gasteiger partial charge in [0.15, 0.2) is 5.79 Å². The fourth-order valence-corrected chi connectivity index (χ4v) is 4.00. The molecule has 0 saturated carbocycles. The zero-order chi connectivity index (χ0) is 19.6. The van der Waals surface area contributed by atoms with Crippen LogP contribution in [0, 0.1) is 6.92 Å². The van der Waals surface area contributed by atoms with Gasteiger partial charge in [0.1, 0.15) is 5.69 Å². The molecule has 148 valence electrons. The molecule has 6 nitrogen and oxygen atoms in total. The molecule has 1 amide bonds. The van der Waals surface area contributed by atoms with Crippen LogP contribution in [-0.4, -0.2) is 49.5 Å². The summed E-state index contributed by atoms with van der Waals surface area (Å²) in [6, 6.07) is 11.9. The maximum atomic E-state index is 13.1. The van der Waals surface area contributed by atoms with Crippen molar-refractivity contribution in [3.05, 3.63) is 53.9 Å². The van der Waals surface area contributed by atoms with Crippen molar-refractivity contribution >= 4 is 17.3 Å². The van der Waals surface area contributed by atoms with E-state index in [1.165, 1.54) is 0 Å². The van der Waals surface area contributed by atoms with Crippen LogP contribution < -0.4 is 9.80 Å². The molecule has 2 aliphatic heterocycles. The molecule has 0 unspecified atom stereocenters. The fourth-order valence-electron chi connectivity index (χ4n) is 4.00. The smallest absolute Gasteiger partial charge is 0.276 e. The first-order chi connectivity index (χ1) is 13.6. The van der Waals surface area contributed by atoms with Crippen LogP contribution in [0.1, 0.15) is 35.8 Å². The lowest BCUT2D eigenvalue weighted by Crippen LogP contribution is -2.45. The van der Waals surface area contributed by atoms with Crippen molar-refractivity contribution in [1.82, 2.24) is 4.98 Å². The number of hydrogen-bond acceptors (Lipinski definition) is 5. The van der Waals surface area contributed by atoms with Gasteiger partial charge in [-0.3, -0.25) is 9.78 Å². The second-order valence-electron chi connectivity index (χ2n) is 7.38. The van der Waals surface area contributed by atoms with E-state index in [0.29, 0.717) is 25.5 Å². The summed E-state index contributed by atoms with van der Waals surface area (Å²) < 4.78 is 11.6. The van der Waals surface area contributed by atoms with E-state index >= 15 is 0 Å². The van der Waals surface area contributed by atoms with Gasteiger partial charge in [-0.25, -0.2) is 0 Å². The van der Waals surface area contributed by atoms with E-state index < -0.39 is 5.79 Å². The summed E-state index contributed by atoms with van der Waals surface area (Å²) in [6.45, 7) is 7.64. The molecule has 1 aromatic carbocycles. The molecule has 3 heterocycles. The monoisotopic (exact) mass is 381 g/mol. The average molecular weight is 381 g/mol. The average Bonchev–Trinajstić information content (AvgIpc) is 3.17. The van der Waals surface area contributed by atoms with E-state index in [1.807, 2.05) is 50.2 Å². The quantitative estimate of drug-likeness (QED) is 0.812. The van der Waals surface area contributed by atoms with Gasteiger partial charge in [0, 0.05) is 50.0 Å². The van der Waals surface area contributed by atoms with Crippen LogP contribution in [0.15, 0.2) is 42.6 Å². The maximum absolute atomic E-state index is 13.1. The van der Waals surface area contributed by atoms with Gasteiger partial charge in [-0.2, -0.15) is 0 Å². The van der Waals surface area contributed by atoms with Gasteiger partial charge >= 0.3 is 0 Å². The lowest BCUT2D eigenvalue weighted by molar-refractivity contribution is -0.169. The van der Waals surface area contributed by atoms with E-state index in [4.69, 9.17) is 9.47 Å². The van der Waals surface area contributed by atoms with Crippen LogP contribution in [0.2, 0.25) is 0 Å². The number of aryl methyl sites for hydroxylation is 1. The zero-order valence-corrected chi connectivity index (χ0v) is 16.6. The van der Waals surface area contributed by atoms with Gasteiger partial charge in [-0.1, -0.05) is 12.1 Å². The lowest BCUT2D eigenvalue weighted by Gasteiger charge is -2.38. The minimum Gasteiger partial charge on any atom is -0.371 e. The van der Waals surface area contributed by atoms with E-state index in [0.717, 1.165) is 42.9 Å². The van der Waals surface area contributed by atoms with E-state index in [9.17, 15) is 4.79 Å².